The largest absolute Gasteiger partial charge is 0.389 e. The molecule has 1 N–H and O–H groups in total. The monoisotopic (exact) mass is 248 g/mol. The number of halogens is 1. The van der Waals surface area contributed by atoms with Crippen LogP contribution in [0, 0.1) is 19.7 Å². The summed E-state index contributed by atoms with van der Waals surface area (Å²) in [5.41, 5.74) is 3.09. The first kappa shape index (κ1) is 12.8. The lowest BCUT2D eigenvalue weighted by Crippen LogP contribution is -2.06. The Morgan fingerprint density at radius 1 is 1.33 bits per heavy atom. The van der Waals surface area contributed by atoms with Crippen LogP contribution in [0.3, 0.4) is 0 Å². The molecule has 1 aromatic carbocycles. The van der Waals surface area contributed by atoms with Crippen LogP contribution < -0.4 is 0 Å². The minimum absolute atomic E-state index is 0.233. The fraction of sp³-hybridized carbons (Fsp3) is 0.357. The van der Waals surface area contributed by atoms with Gasteiger partial charge in [0.1, 0.15) is 5.82 Å². The van der Waals surface area contributed by atoms with Gasteiger partial charge in [0, 0.05) is 16.8 Å². The Morgan fingerprint density at radius 2 is 2.00 bits per heavy atom. The summed E-state index contributed by atoms with van der Waals surface area (Å²) in [5, 5.41) is 14.0. The van der Waals surface area contributed by atoms with Gasteiger partial charge in [0.05, 0.1) is 18.3 Å². The van der Waals surface area contributed by atoms with E-state index in [1.165, 1.54) is 6.07 Å². The highest BCUT2D eigenvalue weighted by Crippen LogP contribution is 2.22. The summed E-state index contributed by atoms with van der Waals surface area (Å²) in [4.78, 5) is 0. The van der Waals surface area contributed by atoms with Crippen molar-refractivity contribution >= 4 is 0 Å². The van der Waals surface area contributed by atoms with Crippen molar-refractivity contribution in [1.82, 2.24) is 9.78 Å². The van der Waals surface area contributed by atoms with E-state index in [9.17, 15) is 9.50 Å². The molecule has 0 saturated heterocycles. The smallest absolute Gasteiger partial charge is 0.128 e. The van der Waals surface area contributed by atoms with Gasteiger partial charge in [0.15, 0.2) is 0 Å². The Morgan fingerprint density at radius 3 is 2.56 bits per heavy atom. The van der Waals surface area contributed by atoms with Crippen molar-refractivity contribution in [1.29, 1.82) is 0 Å². The predicted octanol–water partition coefficient (Wildman–Crippen LogP) is 2.74. The summed E-state index contributed by atoms with van der Waals surface area (Å²) in [6, 6.07) is 6.66. The number of hydrogen-bond donors (Lipinski definition) is 1. The summed E-state index contributed by atoms with van der Waals surface area (Å²) >= 11 is 0. The Kier molecular flexibility index (Phi) is 3.48. The van der Waals surface area contributed by atoms with Gasteiger partial charge in [-0.1, -0.05) is 18.2 Å². The topological polar surface area (TPSA) is 38.0 Å². The maximum Gasteiger partial charge on any atom is 0.128 e. The third kappa shape index (κ3) is 2.29. The van der Waals surface area contributed by atoms with Crippen LogP contribution in [0.4, 0.5) is 4.39 Å². The molecule has 1 atom stereocenters. The molecule has 0 radical (unpaired) electrons. The third-order valence-electron chi connectivity index (χ3n) is 3.13. The average molecular weight is 248 g/mol. The molecule has 1 aromatic heterocycles. The van der Waals surface area contributed by atoms with Crippen molar-refractivity contribution in [2.45, 2.75) is 33.4 Å². The maximum absolute atomic E-state index is 13.6. The lowest BCUT2D eigenvalue weighted by molar-refractivity contribution is 0.197. The normalized spacial score (nSPS) is 12.7. The van der Waals surface area contributed by atoms with Crippen molar-refractivity contribution < 1.29 is 9.50 Å². The molecule has 0 aliphatic carbocycles. The Bertz CT molecular complexity index is 561. The van der Waals surface area contributed by atoms with Crippen LogP contribution in [-0.2, 0) is 6.54 Å². The van der Waals surface area contributed by atoms with E-state index < -0.39 is 6.10 Å². The molecular formula is C14H17FN2O. The number of aliphatic hydroxyl groups is 1. The van der Waals surface area contributed by atoms with Gasteiger partial charge in [-0.25, -0.2) is 4.39 Å². The second kappa shape index (κ2) is 4.90. The van der Waals surface area contributed by atoms with Crippen LogP contribution in [0.25, 0.3) is 0 Å². The van der Waals surface area contributed by atoms with Crippen molar-refractivity contribution in [3.63, 3.8) is 0 Å². The molecule has 0 spiro atoms. The molecule has 1 unspecified atom stereocenters. The zero-order chi connectivity index (χ0) is 13.3. The summed E-state index contributed by atoms with van der Waals surface area (Å²) in [5.74, 6) is -0.233. The molecular weight excluding hydrogens is 231 g/mol. The number of aromatic nitrogens is 2. The van der Waals surface area contributed by atoms with Crippen LogP contribution in [0.15, 0.2) is 24.3 Å². The molecule has 1 heterocycles. The number of aryl methyl sites for hydroxylation is 1. The SMILES string of the molecule is Cc1nn(Cc2ccccc2F)c(C)c1C(C)O. The van der Waals surface area contributed by atoms with Gasteiger partial charge in [-0.05, 0) is 26.8 Å². The standard InChI is InChI=1S/C14H17FN2O/c1-9-14(11(3)18)10(2)17(16-9)8-12-6-4-5-7-13(12)15/h4-7,11,18H,8H2,1-3H3. The number of rotatable bonds is 3. The molecule has 18 heavy (non-hydrogen) atoms. The quantitative estimate of drug-likeness (QED) is 0.907. The molecule has 4 heteroatoms. The van der Waals surface area contributed by atoms with Gasteiger partial charge in [-0.15, -0.1) is 0 Å². The van der Waals surface area contributed by atoms with Crippen LogP contribution in [0.1, 0.15) is 35.5 Å². The molecule has 3 nitrogen and oxygen atoms in total. The molecule has 0 bridgehead atoms. The van der Waals surface area contributed by atoms with Gasteiger partial charge in [-0.2, -0.15) is 5.10 Å². The first-order chi connectivity index (χ1) is 8.50. The van der Waals surface area contributed by atoms with Crippen LogP contribution >= 0.6 is 0 Å². The van der Waals surface area contributed by atoms with E-state index in [2.05, 4.69) is 5.10 Å². The molecule has 2 rings (SSSR count). The van der Waals surface area contributed by atoms with Crippen LogP contribution in [0.5, 0.6) is 0 Å². The van der Waals surface area contributed by atoms with E-state index in [1.807, 2.05) is 13.8 Å². The Balaban J connectivity index is 2.36. The average Bonchev–Trinajstić information content (AvgIpc) is 2.57. The highest BCUT2D eigenvalue weighted by atomic mass is 19.1. The molecule has 0 aliphatic rings. The Hall–Kier alpha value is -1.68. The summed E-state index contributed by atoms with van der Waals surface area (Å²) in [6.45, 7) is 5.84. The first-order valence-corrected chi connectivity index (χ1v) is 5.96. The minimum atomic E-state index is -0.556. The van der Waals surface area contributed by atoms with Crippen molar-refractivity contribution in [3.05, 3.63) is 52.6 Å². The predicted molar refractivity (Wildman–Crippen MR) is 67.8 cm³/mol. The van der Waals surface area contributed by atoms with Gasteiger partial charge in [0.25, 0.3) is 0 Å². The zero-order valence-electron chi connectivity index (χ0n) is 10.8. The van der Waals surface area contributed by atoms with E-state index in [4.69, 9.17) is 0 Å². The summed E-state index contributed by atoms with van der Waals surface area (Å²) < 4.78 is 15.3. The lowest BCUT2D eigenvalue weighted by Gasteiger charge is -2.07. The van der Waals surface area contributed by atoms with E-state index in [1.54, 1.807) is 29.8 Å². The fourth-order valence-electron chi connectivity index (χ4n) is 2.26. The van der Waals surface area contributed by atoms with Crippen molar-refractivity contribution in [2.75, 3.05) is 0 Å². The number of hydrogen-bond acceptors (Lipinski definition) is 2. The molecule has 0 amide bonds. The van der Waals surface area contributed by atoms with Crippen molar-refractivity contribution in [3.8, 4) is 0 Å². The van der Waals surface area contributed by atoms with Gasteiger partial charge >= 0.3 is 0 Å². The van der Waals surface area contributed by atoms with E-state index in [0.29, 0.717) is 12.1 Å². The highest BCUT2D eigenvalue weighted by Gasteiger charge is 2.16. The third-order valence-corrected chi connectivity index (χ3v) is 3.13. The molecule has 2 aromatic rings. The molecule has 0 aliphatic heterocycles. The molecule has 0 saturated carbocycles. The van der Waals surface area contributed by atoms with Gasteiger partial charge in [0.2, 0.25) is 0 Å². The van der Waals surface area contributed by atoms with E-state index in [-0.39, 0.29) is 5.82 Å². The summed E-state index contributed by atoms with van der Waals surface area (Å²) in [6.07, 6.45) is -0.556. The number of aliphatic hydroxyl groups excluding tert-OH is 1. The lowest BCUT2D eigenvalue weighted by atomic mass is 10.1. The number of nitrogens with zero attached hydrogens (tertiary/aromatic N) is 2. The maximum atomic E-state index is 13.6. The minimum Gasteiger partial charge on any atom is -0.389 e. The van der Waals surface area contributed by atoms with Crippen molar-refractivity contribution in [2.24, 2.45) is 0 Å². The molecule has 96 valence electrons. The summed E-state index contributed by atoms with van der Waals surface area (Å²) in [7, 11) is 0. The van der Waals surface area contributed by atoms with Crippen LogP contribution in [0.2, 0.25) is 0 Å². The highest BCUT2D eigenvalue weighted by molar-refractivity contribution is 5.28. The second-order valence-electron chi connectivity index (χ2n) is 4.51. The second-order valence-corrected chi connectivity index (χ2v) is 4.51. The van der Waals surface area contributed by atoms with Crippen LogP contribution in [-0.4, -0.2) is 14.9 Å². The van der Waals surface area contributed by atoms with E-state index in [0.717, 1.165) is 17.0 Å². The zero-order valence-corrected chi connectivity index (χ0v) is 10.8. The van der Waals surface area contributed by atoms with Gasteiger partial charge in [-0.3, -0.25) is 4.68 Å². The first-order valence-electron chi connectivity index (χ1n) is 5.96. The van der Waals surface area contributed by atoms with Gasteiger partial charge < -0.3 is 5.11 Å². The molecule has 0 fully saturated rings. The fourth-order valence-corrected chi connectivity index (χ4v) is 2.26. The Labute approximate surface area is 106 Å². The number of benzene rings is 1. The van der Waals surface area contributed by atoms with E-state index >= 15 is 0 Å².